The van der Waals surface area contributed by atoms with Gasteiger partial charge in [0.2, 0.25) is 0 Å². The summed E-state index contributed by atoms with van der Waals surface area (Å²) in [6, 6.07) is 27.8. The second-order valence-electron chi connectivity index (χ2n) is 10.2. The lowest BCUT2D eigenvalue weighted by Crippen LogP contribution is -2.49. The van der Waals surface area contributed by atoms with Crippen molar-refractivity contribution < 1.29 is 14.3 Å². The van der Waals surface area contributed by atoms with Crippen LogP contribution < -0.4 is 9.80 Å². The van der Waals surface area contributed by atoms with Crippen molar-refractivity contribution in [2.75, 3.05) is 43.1 Å². The number of hydrogen-bond donors (Lipinski definition) is 0. The van der Waals surface area contributed by atoms with Gasteiger partial charge in [0.05, 0.1) is 7.11 Å². The van der Waals surface area contributed by atoms with Crippen LogP contribution in [0.1, 0.15) is 54.1 Å². The van der Waals surface area contributed by atoms with Crippen molar-refractivity contribution in [3.8, 4) is 0 Å². The number of carbonyl (C=O) groups excluding carboxylic acids is 2. The third-order valence-electron chi connectivity index (χ3n) is 7.89. The summed E-state index contributed by atoms with van der Waals surface area (Å²) in [5, 5.41) is 0. The number of anilines is 2. The highest BCUT2D eigenvalue weighted by atomic mass is 16.5. The van der Waals surface area contributed by atoms with Crippen LogP contribution in [0.15, 0.2) is 84.9 Å². The molecule has 2 aliphatic rings. The van der Waals surface area contributed by atoms with E-state index in [1.165, 1.54) is 26.4 Å². The lowest BCUT2D eigenvalue weighted by atomic mass is 9.93. The normalized spacial score (nSPS) is 17.6. The Bertz CT molecular complexity index is 1190. The van der Waals surface area contributed by atoms with E-state index in [0.717, 1.165) is 61.5 Å². The number of benzene rings is 3. The number of methoxy groups -OCH3 is 1. The van der Waals surface area contributed by atoms with Crippen LogP contribution in [0.5, 0.6) is 0 Å². The molecule has 5 rings (SSSR count). The van der Waals surface area contributed by atoms with E-state index in [1.54, 1.807) is 0 Å². The first-order valence-electron chi connectivity index (χ1n) is 13.8. The molecule has 3 aromatic carbocycles. The molecule has 0 radical (unpaired) electrons. The molecule has 0 aromatic heterocycles. The zero-order valence-corrected chi connectivity index (χ0v) is 22.2. The maximum Gasteiger partial charge on any atom is 0.327 e. The average Bonchev–Trinajstić information content (AvgIpc) is 2.99. The number of carbonyl (C=O) groups is 2. The highest BCUT2D eigenvalue weighted by Gasteiger charge is 2.32. The van der Waals surface area contributed by atoms with Crippen molar-refractivity contribution in [3.63, 3.8) is 0 Å². The quantitative estimate of drug-likeness (QED) is 0.381. The first-order chi connectivity index (χ1) is 18.7. The van der Waals surface area contributed by atoms with Crippen molar-refractivity contribution in [2.24, 2.45) is 0 Å². The van der Waals surface area contributed by atoms with Crippen LogP contribution in [0.25, 0.3) is 0 Å². The van der Waals surface area contributed by atoms with Crippen LogP contribution in [0, 0.1) is 0 Å². The maximum absolute atomic E-state index is 13.6. The first-order valence-corrected chi connectivity index (χ1v) is 13.8. The molecule has 1 aliphatic carbocycles. The topological polar surface area (TPSA) is 53.1 Å². The Morgan fingerprint density at radius 3 is 2.00 bits per heavy atom. The van der Waals surface area contributed by atoms with E-state index in [0.29, 0.717) is 0 Å². The molecule has 1 atom stereocenters. The fourth-order valence-corrected chi connectivity index (χ4v) is 5.86. The van der Waals surface area contributed by atoms with Gasteiger partial charge in [-0.25, -0.2) is 4.79 Å². The summed E-state index contributed by atoms with van der Waals surface area (Å²) in [7, 11) is 1.45. The Hall–Kier alpha value is -3.64. The molecule has 1 amide bonds. The molecule has 3 aromatic rings. The molecule has 1 saturated carbocycles. The fourth-order valence-electron chi connectivity index (χ4n) is 5.86. The summed E-state index contributed by atoms with van der Waals surface area (Å²) in [5.41, 5.74) is 3.79. The van der Waals surface area contributed by atoms with E-state index in [1.807, 2.05) is 65.6 Å². The van der Waals surface area contributed by atoms with E-state index in [-0.39, 0.29) is 17.9 Å². The molecule has 2 fully saturated rings. The van der Waals surface area contributed by atoms with E-state index in [4.69, 9.17) is 4.74 Å². The van der Waals surface area contributed by atoms with Crippen molar-refractivity contribution in [1.29, 1.82) is 0 Å². The molecular weight excluding hydrogens is 474 g/mol. The number of hydrogen-bond acceptors (Lipinski definition) is 5. The van der Waals surface area contributed by atoms with Crippen LogP contribution in [0.4, 0.5) is 11.4 Å². The van der Waals surface area contributed by atoms with Crippen LogP contribution in [0.2, 0.25) is 0 Å². The Morgan fingerprint density at radius 2 is 1.39 bits per heavy atom. The molecule has 1 saturated heterocycles. The largest absolute Gasteiger partial charge is 0.468 e. The highest BCUT2D eigenvalue weighted by Crippen LogP contribution is 2.31. The monoisotopic (exact) mass is 511 g/mol. The standard InChI is InChI=1S/C32H37N3O3/c1-38-32(37)30(25-11-5-2-6-12-25)34-23-21-33(22-24-34)27-17-19-29(20-18-27)35(28-15-9-4-10-16-28)31(36)26-13-7-3-8-14-26/h2-3,5-8,11-14,17-20,28,30H,4,9-10,15-16,21-24H2,1H3. The summed E-state index contributed by atoms with van der Waals surface area (Å²) < 4.78 is 5.14. The molecule has 0 spiro atoms. The van der Waals surface area contributed by atoms with Gasteiger partial charge >= 0.3 is 5.97 Å². The summed E-state index contributed by atoms with van der Waals surface area (Å²) in [6.07, 6.45) is 5.67. The number of ether oxygens (including phenoxy) is 1. The van der Waals surface area contributed by atoms with Crippen LogP contribution in [-0.2, 0) is 9.53 Å². The minimum Gasteiger partial charge on any atom is -0.468 e. The summed E-state index contributed by atoms with van der Waals surface area (Å²) in [5.74, 6) is -0.145. The lowest BCUT2D eigenvalue weighted by Gasteiger charge is -2.39. The summed E-state index contributed by atoms with van der Waals surface area (Å²) in [4.78, 5) is 32.8. The SMILES string of the molecule is COC(=O)C(c1ccccc1)N1CCN(c2ccc(N(C(=O)c3ccccc3)C3CCCCC3)cc2)CC1. The van der Waals surface area contributed by atoms with Crippen molar-refractivity contribution in [1.82, 2.24) is 4.90 Å². The predicted octanol–water partition coefficient (Wildman–Crippen LogP) is 5.70. The van der Waals surface area contributed by atoms with Crippen molar-refractivity contribution >= 4 is 23.3 Å². The second kappa shape index (κ2) is 12.3. The molecular formula is C32H37N3O3. The van der Waals surface area contributed by atoms with Gasteiger partial charge in [-0.1, -0.05) is 67.8 Å². The molecule has 1 unspecified atom stereocenters. The van der Waals surface area contributed by atoms with Gasteiger partial charge in [-0.3, -0.25) is 9.69 Å². The molecule has 1 aliphatic heterocycles. The van der Waals surface area contributed by atoms with Gasteiger partial charge < -0.3 is 14.5 Å². The van der Waals surface area contributed by atoms with Gasteiger partial charge in [-0.15, -0.1) is 0 Å². The van der Waals surface area contributed by atoms with Crippen molar-refractivity contribution in [2.45, 2.75) is 44.2 Å². The van der Waals surface area contributed by atoms with Gasteiger partial charge in [0.25, 0.3) is 5.91 Å². The summed E-state index contributed by atoms with van der Waals surface area (Å²) in [6.45, 7) is 3.15. The molecule has 0 N–H and O–H groups in total. The number of rotatable bonds is 7. The predicted molar refractivity (Wildman–Crippen MR) is 152 cm³/mol. The van der Waals surface area contributed by atoms with Crippen molar-refractivity contribution in [3.05, 3.63) is 96.1 Å². The smallest absolute Gasteiger partial charge is 0.327 e. The van der Waals surface area contributed by atoms with Gasteiger partial charge in [-0.2, -0.15) is 0 Å². The van der Waals surface area contributed by atoms with Crippen LogP contribution in [-0.4, -0.2) is 56.1 Å². The molecule has 6 heteroatoms. The minimum atomic E-state index is -0.390. The van der Waals surface area contributed by atoms with Gasteiger partial charge in [0.1, 0.15) is 6.04 Å². The van der Waals surface area contributed by atoms with Crippen LogP contribution in [0.3, 0.4) is 0 Å². The van der Waals surface area contributed by atoms with Crippen LogP contribution >= 0.6 is 0 Å². The summed E-state index contributed by atoms with van der Waals surface area (Å²) >= 11 is 0. The zero-order valence-electron chi connectivity index (χ0n) is 22.2. The van der Waals surface area contributed by atoms with E-state index < -0.39 is 6.04 Å². The Kier molecular flexibility index (Phi) is 8.39. The maximum atomic E-state index is 13.6. The van der Waals surface area contributed by atoms with Gasteiger partial charge in [0, 0.05) is 49.2 Å². The molecule has 1 heterocycles. The van der Waals surface area contributed by atoms with Gasteiger partial charge in [0.15, 0.2) is 0 Å². The molecule has 38 heavy (non-hydrogen) atoms. The highest BCUT2D eigenvalue weighted by molar-refractivity contribution is 6.06. The number of esters is 1. The number of amides is 1. The Balaban J connectivity index is 1.30. The lowest BCUT2D eigenvalue weighted by molar-refractivity contribution is -0.147. The first kappa shape index (κ1) is 26.0. The van der Waals surface area contributed by atoms with Gasteiger partial charge in [-0.05, 0) is 54.8 Å². The third-order valence-corrected chi connectivity index (χ3v) is 7.89. The fraction of sp³-hybridized carbons (Fsp3) is 0.375. The zero-order chi connectivity index (χ0) is 26.3. The molecule has 6 nitrogen and oxygen atoms in total. The van der Waals surface area contributed by atoms with E-state index in [2.05, 4.69) is 34.1 Å². The number of piperazine rings is 1. The third kappa shape index (κ3) is 5.76. The molecule has 0 bridgehead atoms. The molecule has 198 valence electrons. The average molecular weight is 512 g/mol. The van der Waals surface area contributed by atoms with E-state index in [9.17, 15) is 9.59 Å². The Morgan fingerprint density at radius 1 is 0.789 bits per heavy atom. The second-order valence-corrected chi connectivity index (χ2v) is 10.2. The van der Waals surface area contributed by atoms with E-state index >= 15 is 0 Å². The Labute approximate surface area is 225 Å². The minimum absolute atomic E-state index is 0.0774. The number of nitrogens with zero attached hydrogens (tertiary/aromatic N) is 3.